The highest BCUT2D eigenvalue weighted by Crippen LogP contribution is 2.36. The van der Waals surface area contributed by atoms with E-state index in [-0.39, 0.29) is 17.9 Å². The third kappa shape index (κ3) is 3.79. The molecule has 1 N–H and O–H groups in total. The van der Waals surface area contributed by atoms with Gasteiger partial charge in [0, 0.05) is 19.1 Å². The fourth-order valence-corrected chi connectivity index (χ4v) is 3.32. The molecule has 6 heteroatoms. The average molecular weight is 356 g/mol. The number of benzene rings is 1. The largest absolute Gasteiger partial charge is 0.335 e. The Morgan fingerprint density at radius 2 is 1.96 bits per heavy atom. The SMILES string of the molecule is CCC[C@H](CC)NC(=O)N1CCN(c2ccc(F)cn2)c2ccccc21. The summed E-state index contributed by atoms with van der Waals surface area (Å²) in [6.45, 7) is 5.36. The molecule has 138 valence electrons. The van der Waals surface area contributed by atoms with Crippen molar-refractivity contribution >= 4 is 23.2 Å². The first-order valence-electron chi connectivity index (χ1n) is 9.20. The molecule has 0 bridgehead atoms. The van der Waals surface area contributed by atoms with Crippen LogP contribution in [0.1, 0.15) is 33.1 Å². The maximum absolute atomic E-state index is 13.2. The highest BCUT2D eigenvalue weighted by atomic mass is 19.1. The van der Waals surface area contributed by atoms with Crippen molar-refractivity contribution in [1.29, 1.82) is 0 Å². The van der Waals surface area contributed by atoms with E-state index in [2.05, 4.69) is 24.1 Å². The van der Waals surface area contributed by atoms with E-state index in [9.17, 15) is 9.18 Å². The van der Waals surface area contributed by atoms with Gasteiger partial charge in [0.2, 0.25) is 0 Å². The van der Waals surface area contributed by atoms with Gasteiger partial charge in [0.15, 0.2) is 0 Å². The molecule has 2 heterocycles. The molecule has 0 saturated heterocycles. The van der Waals surface area contributed by atoms with Crippen molar-refractivity contribution in [3.8, 4) is 0 Å². The van der Waals surface area contributed by atoms with Crippen molar-refractivity contribution in [1.82, 2.24) is 10.3 Å². The first kappa shape index (κ1) is 18.2. The van der Waals surface area contributed by atoms with E-state index in [1.165, 1.54) is 12.3 Å². The van der Waals surface area contributed by atoms with Crippen LogP contribution in [0.5, 0.6) is 0 Å². The van der Waals surface area contributed by atoms with Gasteiger partial charge in [0.05, 0.1) is 17.6 Å². The van der Waals surface area contributed by atoms with Crippen LogP contribution >= 0.6 is 0 Å². The Balaban J connectivity index is 1.85. The Hall–Kier alpha value is -2.63. The minimum absolute atomic E-state index is 0.0653. The average Bonchev–Trinajstić information content (AvgIpc) is 2.67. The van der Waals surface area contributed by atoms with E-state index in [0.717, 1.165) is 30.6 Å². The summed E-state index contributed by atoms with van der Waals surface area (Å²) in [4.78, 5) is 20.8. The number of halogens is 1. The van der Waals surface area contributed by atoms with Crippen molar-refractivity contribution in [3.63, 3.8) is 0 Å². The number of amides is 2. The van der Waals surface area contributed by atoms with Crippen LogP contribution < -0.4 is 15.1 Å². The van der Waals surface area contributed by atoms with Crippen LogP contribution in [0.15, 0.2) is 42.6 Å². The van der Waals surface area contributed by atoms with E-state index >= 15 is 0 Å². The summed E-state index contributed by atoms with van der Waals surface area (Å²) in [5.74, 6) is 0.318. The van der Waals surface area contributed by atoms with Crippen LogP contribution in [0.2, 0.25) is 0 Å². The van der Waals surface area contributed by atoms with E-state index in [4.69, 9.17) is 0 Å². The molecule has 5 nitrogen and oxygen atoms in total. The summed E-state index contributed by atoms with van der Waals surface area (Å²) in [7, 11) is 0. The molecule has 1 aromatic heterocycles. The number of hydrogen-bond donors (Lipinski definition) is 1. The van der Waals surface area contributed by atoms with Crippen molar-refractivity contribution in [2.45, 2.75) is 39.2 Å². The van der Waals surface area contributed by atoms with Crippen molar-refractivity contribution in [2.24, 2.45) is 0 Å². The Morgan fingerprint density at radius 1 is 1.19 bits per heavy atom. The van der Waals surface area contributed by atoms with Gasteiger partial charge in [-0.05, 0) is 37.1 Å². The van der Waals surface area contributed by atoms with Crippen LogP contribution in [0, 0.1) is 5.82 Å². The predicted octanol–water partition coefficient (Wildman–Crippen LogP) is 4.47. The number of para-hydroxylation sites is 2. The van der Waals surface area contributed by atoms with E-state index in [1.54, 1.807) is 11.0 Å². The number of hydrogen-bond acceptors (Lipinski definition) is 3. The summed E-state index contributed by atoms with van der Waals surface area (Å²) in [5, 5.41) is 3.14. The zero-order valence-corrected chi connectivity index (χ0v) is 15.3. The smallest absolute Gasteiger partial charge is 0.322 e. The Labute approximate surface area is 153 Å². The number of carbonyl (C=O) groups excluding carboxylic acids is 1. The monoisotopic (exact) mass is 356 g/mol. The molecule has 1 aromatic carbocycles. The third-order valence-electron chi connectivity index (χ3n) is 4.70. The molecule has 0 aliphatic carbocycles. The van der Waals surface area contributed by atoms with Crippen LogP contribution in [0.4, 0.5) is 26.4 Å². The molecule has 0 spiro atoms. The summed E-state index contributed by atoms with van der Waals surface area (Å²) in [6, 6.07) is 10.9. The molecular formula is C20H25FN4O. The second-order valence-corrected chi connectivity index (χ2v) is 6.47. The van der Waals surface area contributed by atoms with Crippen LogP contribution in [-0.4, -0.2) is 30.1 Å². The van der Waals surface area contributed by atoms with Crippen LogP contribution in [0.25, 0.3) is 0 Å². The number of anilines is 3. The molecule has 0 radical (unpaired) electrons. The zero-order chi connectivity index (χ0) is 18.5. The summed E-state index contributed by atoms with van der Waals surface area (Å²) >= 11 is 0. The van der Waals surface area contributed by atoms with Crippen molar-refractivity contribution < 1.29 is 9.18 Å². The normalized spacial score (nSPS) is 14.7. The maximum Gasteiger partial charge on any atom is 0.322 e. The number of nitrogens with one attached hydrogen (secondary N) is 1. The van der Waals surface area contributed by atoms with Crippen LogP contribution in [-0.2, 0) is 0 Å². The van der Waals surface area contributed by atoms with Gasteiger partial charge in [-0.1, -0.05) is 32.4 Å². The molecule has 2 amide bonds. The third-order valence-corrected chi connectivity index (χ3v) is 4.70. The van der Waals surface area contributed by atoms with E-state index in [1.807, 2.05) is 29.2 Å². The predicted molar refractivity (Wildman–Crippen MR) is 103 cm³/mol. The lowest BCUT2D eigenvalue weighted by molar-refractivity contribution is 0.241. The summed E-state index contributed by atoms with van der Waals surface area (Å²) in [5.41, 5.74) is 1.74. The van der Waals surface area contributed by atoms with Gasteiger partial charge in [-0.3, -0.25) is 4.90 Å². The van der Waals surface area contributed by atoms with Gasteiger partial charge < -0.3 is 10.2 Å². The number of carbonyl (C=O) groups is 1. The minimum atomic E-state index is -0.360. The van der Waals surface area contributed by atoms with Gasteiger partial charge in [-0.2, -0.15) is 0 Å². The Bertz CT molecular complexity index is 750. The number of rotatable bonds is 5. The number of pyridine rings is 1. The first-order chi connectivity index (χ1) is 12.6. The molecule has 3 rings (SSSR count). The maximum atomic E-state index is 13.2. The van der Waals surface area contributed by atoms with E-state index < -0.39 is 0 Å². The summed E-state index contributed by atoms with van der Waals surface area (Å²) in [6.07, 6.45) is 4.15. The number of fused-ring (bicyclic) bond motifs is 1. The standard InChI is InChI=1S/C20H25FN4O/c1-3-7-16(4-2)23-20(26)25-13-12-24(17-8-5-6-9-18(17)25)19-11-10-15(21)14-22-19/h5-6,8-11,14,16H,3-4,7,12-13H2,1-2H3,(H,23,26)/t16-/m0/s1. The zero-order valence-electron chi connectivity index (χ0n) is 15.3. The molecular weight excluding hydrogens is 331 g/mol. The highest BCUT2D eigenvalue weighted by Gasteiger charge is 2.28. The molecule has 0 fully saturated rings. The van der Waals surface area contributed by atoms with Gasteiger partial charge in [0.1, 0.15) is 11.6 Å². The van der Waals surface area contributed by atoms with Crippen molar-refractivity contribution in [3.05, 3.63) is 48.4 Å². The molecule has 2 aromatic rings. The highest BCUT2D eigenvalue weighted by molar-refractivity contribution is 5.97. The Morgan fingerprint density at radius 3 is 2.62 bits per heavy atom. The molecule has 0 saturated carbocycles. The molecule has 0 unspecified atom stereocenters. The lowest BCUT2D eigenvalue weighted by atomic mass is 10.1. The number of nitrogens with zero attached hydrogens (tertiary/aromatic N) is 3. The quantitative estimate of drug-likeness (QED) is 0.860. The topological polar surface area (TPSA) is 48.5 Å². The Kier molecular flexibility index (Phi) is 5.71. The van der Waals surface area contributed by atoms with Gasteiger partial charge >= 0.3 is 6.03 Å². The summed E-state index contributed by atoms with van der Waals surface area (Å²) < 4.78 is 13.2. The van der Waals surface area contributed by atoms with Gasteiger partial charge in [0.25, 0.3) is 0 Å². The molecule has 26 heavy (non-hydrogen) atoms. The van der Waals surface area contributed by atoms with Crippen molar-refractivity contribution in [2.75, 3.05) is 22.9 Å². The molecule has 1 atom stereocenters. The first-order valence-corrected chi connectivity index (χ1v) is 9.20. The number of aromatic nitrogens is 1. The lowest BCUT2D eigenvalue weighted by Gasteiger charge is -2.37. The lowest BCUT2D eigenvalue weighted by Crippen LogP contribution is -2.49. The van der Waals surface area contributed by atoms with Gasteiger partial charge in [-0.25, -0.2) is 14.2 Å². The fraction of sp³-hybridized carbons (Fsp3) is 0.400. The second-order valence-electron chi connectivity index (χ2n) is 6.47. The minimum Gasteiger partial charge on any atom is -0.335 e. The molecule has 1 aliphatic rings. The van der Waals surface area contributed by atoms with E-state index in [0.29, 0.717) is 18.9 Å². The van der Waals surface area contributed by atoms with Gasteiger partial charge in [-0.15, -0.1) is 0 Å². The van der Waals surface area contributed by atoms with Crippen LogP contribution in [0.3, 0.4) is 0 Å². The fourth-order valence-electron chi connectivity index (χ4n) is 3.32. The second kappa shape index (κ2) is 8.17. The molecule has 1 aliphatic heterocycles. The number of urea groups is 1.